The Morgan fingerprint density at radius 2 is 0.804 bits per heavy atom. The SMILES string of the molecule is C1=CC(c2ccc3ccccc3c2)=[C]([Zr+2]([C]2=C(c3ccc4ccccc4c3)C=CC2)=[Ge]([c]2ccccc2)[c]2ccccc2)C1.[Cl-].[Cl-]. The molecule has 4 heteroatoms. The molecule has 0 heterocycles. The molecular weight excluding hydrogens is 739 g/mol. The van der Waals surface area contributed by atoms with Crippen molar-refractivity contribution in [1.82, 2.24) is 0 Å². The Bertz CT molecular complexity index is 2050. The molecule has 0 aromatic heterocycles. The molecule has 0 bridgehead atoms. The molecule has 6 aromatic rings. The van der Waals surface area contributed by atoms with E-state index < -0.39 is 28.6 Å². The Morgan fingerprint density at radius 1 is 0.413 bits per heavy atom. The third kappa shape index (κ3) is 6.36. The minimum absolute atomic E-state index is 0. The van der Waals surface area contributed by atoms with Crippen LogP contribution in [0.1, 0.15) is 24.0 Å². The second-order valence-electron chi connectivity index (χ2n) is 11.6. The van der Waals surface area contributed by atoms with Crippen LogP contribution in [0.5, 0.6) is 0 Å². The minimum atomic E-state index is -2.54. The number of halogens is 2. The first-order chi connectivity index (χ1) is 21.8. The Balaban J connectivity index is 0.00000186. The fourth-order valence-electron chi connectivity index (χ4n) is 6.89. The van der Waals surface area contributed by atoms with Crippen LogP contribution in [-0.4, -0.2) is 9.98 Å². The number of benzene rings is 6. The van der Waals surface area contributed by atoms with Crippen molar-refractivity contribution in [3.05, 3.63) is 188 Å². The van der Waals surface area contributed by atoms with Crippen LogP contribution in [0.4, 0.5) is 0 Å². The van der Waals surface area contributed by atoms with Gasteiger partial charge in [-0.3, -0.25) is 0 Å². The van der Waals surface area contributed by atoms with Crippen molar-refractivity contribution in [3.63, 3.8) is 0 Å². The van der Waals surface area contributed by atoms with Crippen LogP contribution < -0.4 is 33.6 Å². The maximum atomic E-state index is 2.45. The van der Waals surface area contributed by atoms with Crippen LogP contribution in [0, 0.1) is 0 Å². The Morgan fingerprint density at radius 3 is 1.24 bits per heavy atom. The molecule has 46 heavy (non-hydrogen) atoms. The molecule has 222 valence electrons. The van der Waals surface area contributed by atoms with Gasteiger partial charge in [0.15, 0.2) is 0 Å². The van der Waals surface area contributed by atoms with Gasteiger partial charge in [-0.25, -0.2) is 0 Å². The van der Waals surface area contributed by atoms with Gasteiger partial charge in [0.05, 0.1) is 0 Å². The average molecular weight is 771 g/mol. The first-order valence-corrected chi connectivity index (χ1v) is 27.5. The standard InChI is InChI=1S/2C15H11.C12H10Ge.2ClH.Zr/c2*1-2-6-12(5-1)15-10-9-13-7-3-4-8-14(13)11-15;1-3-7-11(8-4-1)13-12-9-5-2-6-10-12;;;/h2*1,3-5,7-11H,2H2;1-10H;2*1H;/q;;;;;+2/p-2. The van der Waals surface area contributed by atoms with Gasteiger partial charge in [0.1, 0.15) is 0 Å². The first kappa shape index (κ1) is 32.7. The number of rotatable bonds is 6. The van der Waals surface area contributed by atoms with Crippen LogP contribution in [0.25, 0.3) is 32.7 Å². The number of fused-ring (bicyclic) bond motifs is 2. The normalized spacial score (nSPS) is 13.5. The zero-order valence-corrected chi connectivity index (χ0v) is 31.4. The summed E-state index contributed by atoms with van der Waals surface area (Å²) in [5.41, 5.74) is 5.75. The van der Waals surface area contributed by atoms with E-state index in [0.717, 1.165) is 12.8 Å². The van der Waals surface area contributed by atoms with Gasteiger partial charge in [0.2, 0.25) is 0 Å². The minimum Gasteiger partial charge on any atom is -1.00 e. The van der Waals surface area contributed by atoms with Gasteiger partial charge in [0.25, 0.3) is 0 Å². The van der Waals surface area contributed by atoms with Crippen LogP contribution in [-0.2, 0) is 18.6 Å². The summed E-state index contributed by atoms with van der Waals surface area (Å²) in [6.45, 7) is 0. The van der Waals surface area contributed by atoms with Crippen molar-refractivity contribution in [1.29, 1.82) is 0 Å². The Kier molecular flexibility index (Phi) is 10.5. The Labute approximate surface area is 292 Å². The van der Waals surface area contributed by atoms with Crippen LogP contribution in [0.3, 0.4) is 0 Å². The van der Waals surface area contributed by atoms with Crippen LogP contribution in [0.15, 0.2) is 176 Å². The molecule has 2 aliphatic rings. The summed E-state index contributed by atoms with van der Waals surface area (Å²) in [5, 5.41) is 5.26. The van der Waals surface area contributed by atoms with Crippen molar-refractivity contribution in [2.24, 2.45) is 0 Å². The molecule has 0 spiro atoms. The zero-order valence-electron chi connectivity index (χ0n) is 25.3. The van der Waals surface area contributed by atoms with E-state index in [9.17, 15) is 0 Å². The third-order valence-electron chi connectivity index (χ3n) is 8.96. The summed E-state index contributed by atoms with van der Waals surface area (Å²) in [5.74, 6) is 0. The zero-order chi connectivity index (χ0) is 29.3. The maximum absolute atomic E-state index is 2.54. The maximum Gasteiger partial charge on any atom is -1.00 e. The van der Waals surface area contributed by atoms with Crippen molar-refractivity contribution in [2.45, 2.75) is 12.8 Å². The number of hydrogen-bond acceptors (Lipinski definition) is 0. The third-order valence-corrected chi connectivity index (χ3v) is 40.4. The molecule has 0 unspecified atom stereocenters. The molecule has 2 aliphatic carbocycles. The summed E-state index contributed by atoms with van der Waals surface area (Å²) in [4.78, 5) is 0. The van der Waals surface area contributed by atoms with Crippen molar-refractivity contribution in [3.8, 4) is 0 Å². The fraction of sp³-hybridized carbons (Fsp3) is 0.0476. The van der Waals surface area contributed by atoms with Crippen molar-refractivity contribution >= 4 is 51.5 Å². The van der Waals surface area contributed by atoms with Gasteiger partial charge in [-0.15, -0.1) is 0 Å². The predicted molar refractivity (Wildman–Crippen MR) is 187 cm³/mol. The summed E-state index contributed by atoms with van der Waals surface area (Å²) in [7, 11) is -1.99. The summed E-state index contributed by atoms with van der Waals surface area (Å²) in [6, 6.07) is 55.0. The molecule has 8 rings (SSSR count). The topological polar surface area (TPSA) is 0 Å². The van der Waals surface area contributed by atoms with E-state index in [1.54, 1.807) is 15.4 Å². The van der Waals surface area contributed by atoms with Crippen molar-refractivity contribution in [2.75, 3.05) is 0 Å². The van der Waals surface area contributed by atoms with E-state index >= 15 is 0 Å². The molecule has 0 saturated carbocycles. The molecule has 0 fully saturated rings. The van der Waals surface area contributed by atoms with Gasteiger partial charge in [0, 0.05) is 0 Å². The summed E-state index contributed by atoms with van der Waals surface area (Å²) < 4.78 is 6.79. The van der Waals surface area contributed by atoms with Crippen molar-refractivity contribution < 1.29 is 43.4 Å². The second kappa shape index (κ2) is 14.7. The molecule has 0 nitrogen and oxygen atoms in total. The van der Waals surface area contributed by atoms with E-state index in [1.165, 1.54) is 43.8 Å². The van der Waals surface area contributed by atoms with Gasteiger partial charge >= 0.3 is 271 Å². The summed E-state index contributed by atoms with van der Waals surface area (Å²) >= 11 is -2.54. The molecule has 0 atom stereocenters. The van der Waals surface area contributed by atoms with Gasteiger partial charge in [-0.2, -0.15) is 0 Å². The van der Waals surface area contributed by atoms with E-state index in [0.29, 0.717) is 0 Å². The van der Waals surface area contributed by atoms with Gasteiger partial charge < -0.3 is 24.8 Å². The van der Waals surface area contributed by atoms with E-state index in [2.05, 4.69) is 170 Å². The average Bonchev–Trinajstić information content (AvgIpc) is 3.78. The number of hydrogen-bond donors (Lipinski definition) is 0. The largest absolute Gasteiger partial charge is 1.00 e. The quantitative estimate of drug-likeness (QED) is 0.228. The van der Waals surface area contributed by atoms with E-state index in [4.69, 9.17) is 0 Å². The smallest absolute Gasteiger partial charge is 1.00 e. The fourth-order valence-corrected chi connectivity index (χ4v) is 42.4. The molecule has 0 radical (unpaired) electrons. The summed E-state index contributed by atoms with van der Waals surface area (Å²) in [6.07, 6.45) is 12.0. The molecule has 0 saturated heterocycles. The van der Waals surface area contributed by atoms with Gasteiger partial charge in [-0.1, -0.05) is 0 Å². The molecule has 0 N–H and O–H groups in total. The predicted octanol–water partition coefficient (Wildman–Crippen LogP) is 3.47. The first-order valence-electron chi connectivity index (χ1n) is 15.5. The van der Waals surface area contributed by atoms with Crippen LogP contribution in [0.2, 0.25) is 0 Å². The number of allylic oxidation sites excluding steroid dienone is 8. The molecule has 6 aromatic carbocycles. The monoisotopic (exact) mass is 770 g/mol. The van der Waals surface area contributed by atoms with Crippen LogP contribution >= 0.6 is 0 Å². The van der Waals surface area contributed by atoms with E-state index in [1.807, 2.05) is 0 Å². The molecule has 0 aliphatic heterocycles. The van der Waals surface area contributed by atoms with Gasteiger partial charge in [-0.05, 0) is 0 Å². The second-order valence-corrected chi connectivity index (χ2v) is 33.0. The van der Waals surface area contributed by atoms with E-state index in [-0.39, 0.29) is 24.8 Å². The molecular formula is C42H32Cl2GeZr. The molecule has 0 amide bonds. The Hall–Kier alpha value is -3.19.